The van der Waals surface area contributed by atoms with E-state index in [0.717, 1.165) is 0 Å². The predicted molar refractivity (Wildman–Crippen MR) is 26.4 cm³/mol. The van der Waals surface area contributed by atoms with Crippen LogP contribution in [0, 0.1) is 0 Å². The summed E-state index contributed by atoms with van der Waals surface area (Å²) in [6.45, 7) is 0. The normalized spacial score (nSPS) is 19.2. The van der Waals surface area contributed by atoms with Gasteiger partial charge in [0.25, 0.3) is 0 Å². The van der Waals surface area contributed by atoms with Gasteiger partial charge in [-0.25, -0.2) is 0 Å². The van der Waals surface area contributed by atoms with Crippen LogP contribution < -0.4 is 0 Å². The smallest absolute Gasteiger partial charge is 1.00 e. The van der Waals surface area contributed by atoms with Crippen LogP contribution in [0.1, 0.15) is 28.5 Å². The van der Waals surface area contributed by atoms with Gasteiger partial charge in [0.15, 0.2) is 0 Å². The Morgan fingerprint density at radius 3 is 1.00 bits per heavy atom. The zero-order valence-electron chi connectivity index (χ0n) is 5.54. The molecule has 0 aromatic heterocycles. The van der Waals surface area contributed by atoms with E-state index in [0.29, 0.717) is 0 Å². The van der Waals surface area contributed by atoms with Crippen molar-refractivity contribution in [3.05, 3.63) is 0 Å². The molecule has 0 bridgehead atoms. The molecule has 28 valence electrons. The Morgan fingerprint density at radius 1 is 0.800 bits per heavy atom. The molecule has 0 saturated heterocycles. The van der Waals surface area contributed by atoms with Crippen molar-refractivity contribution in [3.8, 4) is 0 Å². The molecule has 1 aliphatic rings. The summed E-state index contributed by atoms with van der Waals surface area (Å²) in [5.74, 6) is 0. The van der Waals surface area contributed by atoms with Crippen LogP contribution >= 0.6 is 0 Å². The molecule has 1 aliphatic carbocycles. The van der Waals surface area contributed by atoms with Crippen molar-refractivity contribution in [2.45, 2.75) is 25.7 Å². The topological polar surface area (TPSA) is 0 Å². The molecule has 0 heterocycles. The Kier molecular flexibility index (Phi) is 3.43. The van der Waals surface area contributed by atoms with E-state index in [1.165, 1.54) is 25.7 Å². The molecule has 0 radical (unpaired) electrons. The van der Waals surface area contributed by atoms with Crippen LogP contribution in [0.4, 0.5) is 0 Å². The van der Waals surface area contributed by atoms with Gasteiger partial charge in [-0.3, -0.25) is 0 Å². The van der Waals surface area contributed by atoms with Gasteiger partial charge >= 0.3 is 23.1 Å². The minimum atomic E-state index is 0. The molecule has 0 aliphatic heterocycles. The molecule has 0 aromatic rings. The molecule has 1 saturated carbocycles. The van der Waals surface area contributed by atoms with E-state index in [2.05, 4.69) is 0 Å². The van der Waals surface area contributed by atoms with Crippen molar-refractivity contribution in [2.75, 3.05) is 0 Å². The average molecular weight is 82.4 g/mol. The first kappa shape index (κ1) is 5.77. The Balaban J connectivity index is -0.0000000533. The van der Waals surface area contributed by atoms with E-state index in [1.807, 2.05) is 0 Å². The second kappa shape index (κ2) is 2.98. The van der Waals surface area contributed by atoms with Crippen LogP contribution in [0.25, 0.3) is 0 Å². The zero-order valence-corrected chi connectivity index (χ0v) is 4.95. The maximum absolute atomic E-state index is 1.50. The monoisotopic (exact) mass is 82.1 g/mol. The fourth-order valence-electron chi connectivity index (χ4n) is 0.250. The Hall–Kier alpha value is 0.766. The standard InChI is InChI=1S/C4H8.Mg.2H/c1-2-4-3-1;;;/h1-4H2;;;/q;+2;2*-1. The maximum Gasteiger partial charge on any atom is 2.00 e. The van der Waals surface area contributed by atoms with Gasteiger partial charge in [0.2, 0.25) is 0 Å². The van der Waals surface area contributed by atoms with Crippen molar-refractivity contribution in [1.29, 1.82) is 0 Å². The van der Waals surface area contributed by atoms with E-state index in [9.17, 15) is 0 Å². The molecular formula is C4H10Mg. The fourth-order valence-corrected chi connectivity index (χ4v) is 0.250. The third-order valence-electron chi connectivity index (χ3n) is 1.000. The fraction of sp³-hybridized carbons (Fsp3) is 1.00. The van der Waals surface area contributed by atoms with Crippen molar-refractivity contribution in [1.82, 2.24) is 0 Å². The van der Waals surface area contributed by atoms with Crippen LogP contribution in [0.2, 0.25) is 0 Å². The molecule has 1 rings (SSSR count). The van der Waals surface area contributed by atoms with Gasteiger partial charge in [-0.1, -0.05) is 25.7 Å². The van der Waals surface area contributed by atoms with E-state index in [1.54, 1.807) is 0 Å². The first-order valence-electron chi connectivity index (χ1n) is 2.00. The minimum Gasteiger partial charge on any atom is -1.00 e. The van der Waals surface area contributed by atoms with Gasteiger partial charge in [-0.15, -0.1) is 0 Å². The summed E-state index contributed by atoms with van der Waals surface area (Å²) in [7, 11) is 0. The number of hydrogen-bond donors (Lipinski definition) is 0. The molecule has 0 nitrogen and oxygen atoms in total. The zero-order chi connectivity index (χ0) is 2.83. The van der Waals surface area contributed by atoms with Crippen LogP contribution in [0.3, 0.4) is 0 Å². The third-order valence-corrected chi connectivity index (χ3v) is 1.000. The molecular weight excluding hydrogens is 72.3 g/mol. The third kappa shape index (κ3) is 1.61. The molecule has 0 atom stereocenters. The Bertz CT molecular complexity index is 17.7. The Labute approximate surface area is 52.1 Å². The number of rotatable bonds is 0. The van der Waals surface area contributed by atoms with Gasteiger partial charge in [0, 0.05) is 0 Å². The van der Waals surface area contributed by atoms with Crippen LogP contribution in [0.15, 0.2) is 0 Å². The second-order valence-electron chi connectivity index (χ2n) is 1.41. The first-order chi connectivity index (χ1) is 2.00. The van der Waals surface area contributed by atoms with E-state index >= 15 is 0 Å². The van der Waals surface area contributed by atoms with Gasteiger partial charge in [-0.2, -0.15) is 0 Å². The molecule has 5 heavy (non-hydrogen) atoms. The molecule has 0 aromatic carbocycles. The quantitative estimate of drug-likeness (QED) is 0.388. The summed E-state index contributed by atoms with van der Waals surface area (Å²) in [5.41, 5.74) is 0. The molecule has 0 N–H and O–H groups in total. The minimum absolute atomic E-state index is 0. The molecule has 0 unspecified atom stereocenters. The molecule has 1 heteroatoms. The largest absolute Gasteiger partial charge is 2.00 e. The predicted octanol–water partition coefficient (Wildman–Crippen LogP) is 1.40. The summed E-state index contributed by atoms with van der Waals surface area (Å²) < 4.78 is 0. The summed E-state index contributed by atoms with van der Waals surface area (Å²) >= 11 is 0. The van der Waals surface area contributed by atoms with E-state index < -0.39 is 0 Å². The van der Waals surface area contributed by atoms with Gasteiger partial charge in [-0.05, 0) is 0 Å². The summed E-state index contributed by atoms with van der Waals surface area (Å²) in [6.07, 6.45) is 6.00. The molecule has 0 amide bonds. The Morgan fingerprint density at radius 2 is 1.00 bits per heavy atom. The summed E-state index contributed by atoms with van der Waals surface area (Å²) in [6, 6.07) is 0. The van der Waals surface area contributed by atoms with Crippen molar-refractivity contribution in [3.63, 3.8) is 0 Å². The van der Waals surface area contributed by atoms with Gasteiger partial charge < -0.3 is 2.85 Å². The van der Waals surface area contributed by atoms with E-state index in [-0.39, 0.29) is 25.9 Å². The van der Waals surface area contributed by atoms with E-state index in [4.69, 9.17) is 0 Å². The summed E-state index contributed by atoms with van der Waals surface area (Å²) in [4.78, 5) is 0. The SMILES string of the molecule is C1CCC1.[H-].[H-].[Mg+2]. The molecule has 1 fully saturated rings. The van der Waals surface area contributed by atoms with Crippen molar-refractivity contribution < 1.29 is 2.85 Å². The van der Waals surface area contributed by atoms with Crippen LogP contribution in [-0.4, -0.2) is 23.1 Å². The maximum atomic E-state index is 1.50. The second-order valence-corrected chi connectivity index (χ2v) is 1.41. The van der Waals surface area contributed by atoms with Crippen LogP contribution in [0.5, 0.6) is 0 Å². The van der Waals surface area contributed by atoms with Gasteiger partial charge in [0.05, 0.1) is 0 Å². The summed E-state index contributed by atoms with van der Waals surface area (Å²) in [5, 5.41) is 0. The average Bonchev–Trinajstić information content (AvgIpc) is 0.722. The van der Waals surface area contributed by atoms with Gasteiger partial charge in [0.1, 0.15) is 0 Å². The molecule has 0 spiro atoms. The first-order valence-corrected chi connectivity index (χ1v) is 2.00. The number of hydrogen-bond acceptors (Lipinski definition) is 0. The van der Waals surface area contributed by atoms with Crippen molar-refractivity contribution in [2.24, 2.45) is 0 Å². The van der Waals surface area contributed by atoms with Crippen molar-refractivity contribution >= 4 is 23.1 Å². The van der Waals surface area contributed by atoms with Crippen LogP contribution in [-0.2, 0) is 0 Å².